The normalized spacial score (nSPS) is 21.4. The Bertz CT molecular complexity index is 892. The Morgan fingerprint density at radius 1 is 1.11 bits per heavy atom. The molecule has 1 aliphatic rings. The summed E-state index contributed by atoms with van der Waals surface area (Å²) >= 11 is 8.18. The van der Waals surface area contributed by atoms with Crippen LogP contribution in [0.1, 0.15) is 30.2 Å². The van der Waals surface area contributed by atoms with Crippen molar-refractivity contribution in [2.75, 3.05) is 13.2 Å². The quantitative estimate of drug-likeness (QED) is 0.735. The molecule has 3 rings (SSSR count). The standard InChI is InChI=1S/C18H18ClNO5S2/c1-3-24-16(21)12-11(9-5-7-10(19)8-6-9)13-15(20-18(23)27-13)26-14(12)17(22)25-4-2/h5-8,11-12,14H,3-4H2,1-2H3,(H,20,23)/t11-,12+,14-/m0/s1. The number of benzene rings is 1. The first-order valence-corrected chi connectivity index (χ1v) is 10.5. The molecule has 0 aliphatic carbocycles. The Morgan fingerprint density at radius 2 is 1.74 bits per heavy atom. The van der Waals surface area contributed by atoms with Gasteiger partial charge in [-0.05, 0) is 31.5 Å². The van der Waals surface area contributed by atoms with Crippen LogP contribution in [-0.4, -0.2) is 35.4 Å². The summed E-state index contributed by atoms with van der Waals surface area (Å²) in [6.07, 6.45) is 0. The van der Waals surface area contributed by atoms with Crippen molar-refractivity contribution in [2.24, 2.45) is 5.92 Å². The van der Waals surface area contributed by atoms with Gasteiger partial charge < -0.3 is 14.5 Å². The summed E-state index contributed by atoms with van der Waals surface area (Å²) in [5, 5.41) is 0.326. The highest BCUT2D eigenvalue weighted by atomic mass is 35.5. The lowest BCUT2D eigenvalue weighted by atomic mass is 9.82. The first-order chi connectivity index (χ1) is 13.0. The zero-order valence-corrected chi connectivity index (χ0v) is 17.1. The van der Waals surface area contributed by atoms with Gasteiger partial charge in [0, 0.05) is 15.8 Å². The Kier molecular flexibility index (Phi) is 6.29. The van der Waals surface area contributed by atoms with E-state index < -0.39 is 29.0 Å². The number of hydrogen-bond donors (Lipinski definition) is 1. The Labute approximate surface area is 169 Å². The van der Waals surface area contributed by atoms with Crippen LogP contribution in [-0.2, 0) is 19.1 Å². The van der Waals surface area contributed by atoms with Crippen LogP contribution in [0.2, 0.25) is 5.02 Å². The molecule has 1 N–H and O–H groups in total. The molecule has 6 nitrogen and oxygen atoms in total. The number of esters is 2. The molecule has 2 aromatic rings. The molecule has 0 radical (unpaired) electrons. The molecule has 2 heterocycles. The van der Waals surface area contributed by atoms with Crippen molar-refractivity contribution in [1.82, 2.24) is 4.98 Å². The van der Waals surface area contributed by atoms with E-state index in [1.165, 1.54) is 0 Å². The van der Waals surface area contributed by atoms with Crippen LogP contribution < -0.4 is 4.87 Å². The Morgan fingerprint density at radius 3 is 2.37 bits per heavy atom. The minimum Gasteiger partial charge on any atom is -0.466 e. The molecule has 0 unspecified atom stereocenters. The van der Waals surface area contributed by atoms with E-state index in [9.17, 15) is 14.4 Å². The van der Waals surface area contributed by atoms with Crippen molar-refractivity contribution >= 4 is 46.6 Å². The molecule has 3 atom stereocenters. The van der Waals surface area contributed by atoms with Crippen LogP contribution in [0.5, 0.6) is 0 Å². The van der Waals surface area contributed by atoms with Gasteiger partial charge in [0.1, 0.15) is 5.25 Å². The van der Waals surface area contributed by atoms with E-state index in [0.717, 1.165) is 28.7 Å². The monoisotopic (exact) mass is 427 g/mol. The van der Waals surface area contributed by atoms with Crippen molar-refractivity contribution in [3.63, 3.8) is 0 Å². The van der Waals surface area contributed by atoms with E-state index in [-0.39, 0.29) is 18.1 Å². The number of nitrogens with one attached hydrogen (secondary N) is 1. The van der Waals surface area contributed by atoms with E-state index in [1.807, 2.05) is 0 Å². The summed E-state index contributed by atoms with van der Waals surface area (Å²) in [4.78, 5) is 40.7. The molecule has 0 saturated carbocycles. The number of carbonyl (C=O) groups is 2. The number of ether oxygens (including phenoxy) is 2. The van der Waals surface area contributed by atoms with E-state index >= 15 is 0 Å². The molecule has 0 saturated heterocycles. The van der Waals surface area contributed by atoms with Gasteiger partial charge in [-0.2, -0.15) is 0 Å². The number of thiazole rings is 1. The van der Waals surface area contributed by atoms with Gasteiger partial charge in [0.15, 0.2) is 0 Å². The van der Waals surface area contributed by atoms with Gasteiger partial charge >= 0.3 is 16.8 Å². The molecule has 27 heavy (non-hydrogen) atoms. The summed E-state index contributed by atoms with van der Waals surface area (Å²) in [6, 6.07) is 7.03. The largest absolute Gasteiger partial charge is 0.466 e. The summed E-state index contributed by atoms with van der Waals surface area (Å²) < 4.78 is 10.5. The predicted octanol–water partition coefficient (Wildman–Crippen LogP) is 3.44. The molecule has 1 aliphatic heterocycles. The summed E-state index contributed by atoms with van der Waals surface area (Å²) in [7, 11) is 0. The number of aromatic amines is 1. The first-order valence-electron chi connectivity index (χ1n) is 8.44. The van der Waals surface area contributed by atoms with Gasteiger partial charge in [-0.15, -0.1) is 0 Å². The summed E-state index contributed by atoms with van der Waals surface area (Å²) in [6.45, 7) is 3.81. The Hall–Kier alpha value is -1.77. The van der Waals surface area contributed by atoms with Crippen molar-refractivity contribution < 1.29 is 19.1 Å². The molecular weight excluding hydrogens is 410 g/mol. The first kappa shape index (κ1) is 20.0. The topological polar surface area (TPSA) is 85.5 Å². The van der Waals surface area contributed by atoms with Crippen LogP contribution in [0, 0.1) is 5.92 Å². The van der Waals surface area contributed by atoms with E-state index in [1.54, 1.807) is 38.1 Å². The minimum atomic E-state index is -0.817. The van der Waals surface area contributed by atoms with Gasteiger partial charge in [0.25, 0.3) is 0 Å². The van der Waals surface area contributed by atoms with Crippen molar-refractivity contribution in [3.8, 4) is 0 Å². The number of aromatic nitrogens is 1. The lowest BCUT2D eigenvalue weighted by Gasteiger charge is -2.34. The van der Waals surface area contributed by atoms with Gasteiger partial charge in [0.2, 0.25) is 0 Å². The maximum atomic E-state index is 12.8. The lowest BCUT2D eigenvalue weighted by molar-refractivity contribution is -0.154. The fraction of sp³-hybridized carbons (Fsp3) is 0.389. The van der Waals surface area contributed by atoms with Crippen LogP contribution in [0.4, 0.5) is 0 Å². The minimum absolute atomic E-state index is 0.194. The van der Waals surface area contributed by atoms with Crippen LogP contribution in [0.15, 0.2) is 34.1 Å². The lowest BCUT2D eigenvalue weighted by Crippen LogP contribution is -2.41. The number of thioether (sulfide) groups is 1. The molecule has 0 fully saturated rings. The van der Waals surface area contributed by atoms with Crippen molar-refractivity contribution in [3.05, 3.63) is 49.4 Å². The molecule has 1 aromatic carbocycles. The van der Waals surface area contributed by atoms with Crippen LogP contribution >= 0.6 is 34.7 Å². The van der Waals surface area contributed by atoms with Gasteiger partial charge in [-0.25, -0.2) is 0 Å². The number of halogens is 1. The smallest absolute Gasteiger partial charge is 0.320 e. The second-order valence-corrected chi connectivity index (χ2v) is 8.41. The average molecular weight is 428 g/mol. The highest BCUT2D eigenvalue weighted by Gasteiger charge is 2.49. The average Bonchev–Trinajstić information content (AvgIpc) is 3.01. The summed E-state index contributed by atoms with van der Waals surface area (Å²) in [5.74, 6) is -2.31. The highest BCUT2D eigenvalue weighted by Crippen LogP contribution is 2.49. The van der Waals surface area contributed by atoms with E-state index in [2.05, 4.69) is 4.98 Å². The third-order valence-corrected chi connectivity index (χ3v) is 6.81. The van der Waals surface area contributed by atoms with E-state index in [0.29, 0.717) is 14.9 Å². The second kappa shape index (κ2) is 8.50. The zero-order valence-electron chi connectivity index (χ0n) is 14.7. The SMILES string of the molecule is CCOC(=O)[C@@H]1[C@H](c2ccc(Cl)cc2)c2sc(=O)[nH]c2S[C@@H]1C(=O)OCC. The summed E-state index contributed by atoms with van der Waals surface area (Å²) in [5.41, 5.74) is 0.781. The zero-order chi connectivity index (χ0) is 19.6. The number of H-pyrrole nitrogens is 1. The second-order valence-electron chi connectivity index (χ2n) is 5.81. The molecule has 0 amide bonds. The van der Waals surface area contributed by atoms with Crippen molar-refractivity contribution in [1.29, 1.82) is 0 Å². The van der Waals surface area contributed by atoms with Gasteiger partial charge in [0.05, 0.1) is 24.2 Å². The van der Waals surface area contributed by atoms with Crippen molar-refractivity contribution in [2.45, 2.75) is 30.0 Å². The number of rotatable bonds is 5. The third-order valence-electron chi connectivity index (χ3n) is 4.16. The maximum Gasteiger partial charge on any atom is 0.320 e. The molecule has 144 valence electrons. The predicted molar refractivity (Wildman–Crippen MR) is 105 cm³/mol. The fourth-order valence-electron chi connectivity index (χ4n) is 3.10. The molecule has 0 bridgehead atoms. The Balaban J connectivity index is 2.15. The third kappa shape index (κ3) is 4.07. The maximum absolute atomic E-state index is 12.8. The van der Waals surface area contributed by atoms with Crippen LogP contribution in [0.3, 0.4) is 0 Å². The molecule has 0 spiro atoms. The van der Waals surface area contributed by atoms with E-state index in [4.69, 9.17) is 21.1 Å². The molecular formula is C18H18ClNO5S2. The number of carbonyl (C=O) groups excluding carboxylic acids is 2. The number of hydrogen-bond acceptors (Lipinski definition) is 7. The van der Waals surface area contributed by atoms with Crippen LogP contribution in [0.25, 0.3) is 0 Å². The molecule has 9 heteroatoms. The van der Waals surface area contributed by atoms with Gasteiger partial charge in [-0.1, -0.05) is 46.8 Å². The molecule has 1 aromatic heterocycles. The fourth-order valence-corrected chi connectivity index (χ4v) is 5.70. The highest BCUT2D eigenvalue weighted by molar-refractivity contribution is 8.00. The number of fused-ring (bicyclic) bond motifs is 1. The van der Waals surface area contributed by atoms with Gasteiger partial charge in [-0.3, -0.25) is 14.4 Å².